The van der Waals surface area contributed by atoms with Crippen molar-refractivity contribution in [2.75, 3.05) is 0 Å². The van der Waals surface area contributed by atoms with Crippen LogP contribution >= 0.6 is 0 Å². The Kier molecular flexibility index (Phi) is 2.02. The Morgan fingerprint density at radius 3 is 2.86 bits per heavy atom. The fourth-order valence-electron chi connectivity index (χ4n) is 1.40. The zero-order valence-corrected chi connectivity index (χ0v) is 7.51. The third-order valence-corrected chi connectivity index (χ3v) is 2.06. The number of nitrogens with zero attached hydrogens (tertiary/aromatic N) is 2. The number of aromatic nitrogens is 1. The molecule has 14 heavy (non-hydrogen) atoms. The summed E-state index contributed by atoms with van der Waals surface area (Å²) in [6.45, 7) is 0. The summed E-state index contributed by atoms with van der Waals surface area (Å²) < 4.78 is 0. The van der Waals surface area contributed by atoms with Crippen LogP contribution in [0.5, 0.6) is 0 Å². The van der Waals surface area contributed by atoms with Crippen LogP contribution in [0.15, 0.2) is 41.6 Å². The van der Waals surface area contributed by atoms with Gasteiger partial charge < -0.3 is 11.6 Å². The predicted octanol–water partition coefficient (Wildman–Crippen LogP) is 0.814. The van der Waals surface area contributed by atoms with Gasteiger partial charge in [0.2, 0.25) is 0 Å². The monoisotopic (exact) mass is 186 g/mol. The maximum absolute atomic E-state index is 5.66. The van der Waals surface area contributed by atoms with Crippen molar-refractivity contribution in [1.82, 2.24) is 4.98 Å². The number of hydrazone groups is 1. The minimum atomic E-state index is 0.323. The number of rotatable bonds is 1. The molecule has 2 rings (SSSR count). The molecule has 0 saturated heterocycles. The largest absolute Gasteiger partial charge is 0.382 e. The normalized spacial score (nSPS) is 11.9. The van der Waals surface area contributed by atoms with Crippen LogP contribution in [0.25, 0.3) is 10.9 Å². The molecule has 1 aromatic carbocycles. The second-order valence-electron chi connectivity index (χ2n) is 2.89. The van der Waals surface area contributed by atoms with E-state index in [1.165, 1.54) is 0 Å². The summed E-state index contributed by atoms with van der Waals surface area (Å²) >= 11 is 0. The van der Waals surface area contributed by atoms with E-state index in [2.05, 4.69) is 10.1 Å². The van der Waals surface area contributed by atoms with Gasteiger partial charge in [0.05, 0.1) is 5.52 Å². The van der Waals surface area contributed by atoms with Crippen LogP contribution < -0.4 is 11.6 Å². The molecule has 70 valence electrons. The first kappa shape index (κ1) is 8.50. The van der Waals surface area contributed by atoms with E-state index in [1.807, 2.05) is 30.3 Å². The predicted molar refractivity (Wildman–Crippen MR) is 56.7 cm³/mol. The Labute approximate surface area is 81.2 Å². The van der Waals surface area contributed by atoms with Crippen LogP contribution in [0.2, 0.25) is 0 Å². The van der Waals surface area contributed by atoms with Crippen molar-refractivity contribution < 1.29 is 0 Å². The number of amidine groups is 1. The minimum Gasteiger partial charge on any atom is -0.382 e. The van der Waals surface area contributed by atoms with Crippen LogP contribution in [0.1, 0.15) is 5.56 Å². The number of nitrogens with two attached hydrogens (primary N) is 2. The summed E-state index contributed by atoms with van der Waals surface area (Å²) in [5, 5.41) is 4.44. The number of fused-ring (bicyclic) bond motifs is 1. The summed E-state index contributed by atoms with van der Waals surface area (Å²) in [5.74, 6) is 5.46. The van der Waals surface area contributed by atoms with E-state index >= 15 is 0 Å². The SMILES string of the molecule is NN=C(N)c1cccc2ncccc12. The molecule has 0 atom stereocenters. The number of hydrogen-bond donors (Lipinski definition) is 2. The van der Waals surface area contributed by atoms with E-state index in [1.54, 1.807) is 6.20 Å². The second kappa shape index (κ2) is 3.33. The van der Waals surface area contributed by atoms with Gasteiger partial charge in [-0.3, -0.25) is 4.98 Å². The standard InChI is InChI=1S/C10H10N4/c11-10(14-12)8-3-1-5-9-7(8)4-2-6-13-9/h1-6H,12H2,(H2,11,14). The van der Waals surface area contributed by atoms with Crippen LogP contribution in [-0.4, -0.2) is 10.8 Å². The van der Waals surface area contributed by atoms with Crippen LogP contribution in [0, 0.1) is 0 Å². The van der Waals surface area contributed by atoms with Gasteiger partial charge in [0.25, 0.3) is 0 Å². The Morgan fingerprint density at radius 2 is 2.07 bits per heavy atom. The zero-order valence-electron chi connectivity index (χ0n) is 7.51. The van der Waals surface area contributed by atoms with Crippen molar-refractivity contribution in [2.24, 2.45) is 16.7 Å². The molecule has 4 heteroatoms. The van der Waals surface area contributed by atoms with Crippen LogP contribution in [0.4, 0.5) is 0 Å². The molecule has 0 amide bonds. The molecule has 0 fully saturated rings. The maximum Gasteiger partial charge on any atom is 0.150 e. The van der Waals surface area contributed by atoms with Gasteiger partial charge in [-0.05, 0) is 12.1 Å². The van der Waals surface area contributed by atoms with Crippen molar-refractivity contribution >= 4 is 16.7 Å². The molecule has 0 aliphatic heterocycles. The first-order valence-corrected chi connectivity index (χ1v) is 4.20. The van der Waals surface area contributed by atoms with E-state index in [0.29, 0.717) is 5.84 Å². The van der Waals surface area contributed by atoms with Crippen molar-refractivity contribution in [3.8, 4) is 0 Å². The molecule has 1 heterocycles. The first-order valence-electron chi connectivity index (χ1n) is 4.20. The fraction of sp³-hybridized carbons (Fsp3) is 0. The molecule has 0 aliphatic rings. The number of benzene rings is 1. The molecule has 2 aromatic rings. The quantitative estimate of drug-likeness (QED) is 0.299. The van der Waals surface area contributed by atoms with Gasteiger partial charge in [0, 0.05) is 17.1 Å². The van der Waals surface area contributed by atoms with E-state index in [9.17, 15) is 0 Å². The lowest BCUT2D eigenvalue weighted by molar-refractivity contribution is 1.23. The first-order chi connectivity index (χ1) is 6.83. The summed E-state index contributed by atoms with van der Waals surface area (Å²) in [5.41, 5.74) is 7.36. The lowest BCUT2D eigenvalue weighted by Gasteiger charge is -2.03. The number of hydrogen-bond acceptors (Lipinski definition) is 3. The van der Waals surface area contributed by atoms with Gasteiger partial charge in [0.15, 0.2) is 5.84 Å². The highest BCUT2D eigenvalue weighted by atomic mass is 15.2. The highest BCUT2D eigenvalue weighted by Gasteiger charge is 2.03. The molecule has 4 nitrogen and oxygen atoms in total. The molecule has 1 aromatic heterocycles. The second-order valence-corrected chi connectivity index (χ2v) is 2.89. The van der Waals surface area contributed by atoms with Gasteiger partial charge in [-0.1, -0.05) is 18.2 Å². The lowest BCUT2D eigenvalue weighted by atomic mass is 10.1. The molecule has 0 unspecified atom stereocenters. The smallest absolute Gasteiger partial charge is 0.150 e. The van der Waals surface area contributed by atoms with Crippen LogP contribution in [-0.2, 0) is 0 Å². The fourth-order valence-corrected chi connectivity index (χ4v) is 1.40. The molecule has 0 spiro atoms. The number of pyridine rings is 1. The van der Waals surface area contributed by atoms with Gasteiger partial charge >= 0.3 is 0 Å². The topological polar surface area (TPSA) is 77.3 Å². The van der Waals surface area contributed by atoms with Crippen LogP contribution in [0.3, 0.4) is 0 Å². The van der Waals surface area contributed by atoms with Gasteiger partial charge in [-0.2, -0.15) is 5.10 Å². The minimum absolute atomic E-state index is 0.323. The summed E-state index contributed by atoms with van der Waals surface area (Å²) in [7, 11) is 0. The van der Waals surface area contributed by atoms with Gasteiger partial charge in [0.1, 0.15) is 0 Å². The van der Waals surface area contributed by atoms with E-state index in [-0.39, 0.29) is 0 Å². The lowest BCUT2D eigenvalue weighted by Crippen LogP contribution is -2.15. The third-order valence-electron chi connectivity index (χ3n) is 2.06. The summed E-state index contributed by atoms with van der Waals surface area (Å²) in [6, 6.07) is 9.46. The van der Waals surface area contributed by atoms with Gasteiger partial charge in [-0.15, -0.1) is 0 Å². The van der Waals surface area contributed by atoms with E-state index in [0.717, 1.165) is 16.5 Å². The Hall–Kier alpha value is -2.10. The highest BCUT2D eigenvalue weighted by molar-refractivity contribution is 6.08. The Morgan fingerprint density at radius 1 is 1.21 bits per heavy atom. The van der Waals surface area contributed by atoms with Gasteiger partial charge in [-0.25, -0.2) is 0 Å². The van der Waals surface area contributed by atoms with E-state index in [4.69, 9.17) is 11.6 Å². The van der Waals surface area contributed by atoms with Crippen molar-refractivity contribution in [3.05, 3.63) is 42.1 Å². The molecule has 0 aliphatic carbocycles. The van der Waals surface area contributed by atoms with Crippen molar-refractivity contribution in [3.63, 3.8) is 0 Å². The third kappa shape index (κ3) is 1.26. The average Bonchev–Trinajstić information content (AvgIpc) is 2.27. The molecule has 4 N–H and O–H groups in total. The molecular weight excluding hydrogens is 176 g/mol. The van der Waals surface area contributed by atoms with Crippen molar-refractivity contribution in [2.45, 2.75) is 0 Å². The summed E-state index contributed by atoms with van der Waals surface area (Å²) in [4.78, 5) is 4.21. The Balaban J connectivity index is 2.77. The van der Waals surface area contributed by atoms with E-state index < -0.39 is 0 Å². The maximum atomic E-state index is 5.66. The molecule has 0 bridgehead atoms. The Bertz CT molecular complexity index is 485. The average molecular weight is 186 g/mol. The molecule has 0 saturated carbocycles. The zero-order chi connectivity index (χ0) is 9.97. The molecular formula is C10H10N4. The highest BCUT2D eigenvalue weighted by Crippen LogP contribution is 2.15. The van der Waals surface area contributed by atoms with Crippen molar-refractivity contribution in [1.29, 1.82) is 0 Å². The summed E-state index contributed by atoms with van der Waals surface area (Å²) in [6.07, 6.45) is 1.74. The molecule has 0 radical (unpaired) electrons.